The predicted molar refractivity (Wildman–Crippen MR) is 117 cm³/mol. The number of aryl methyl sites for hydroxylation is 1. The number of amides is 1. The molecule has 5 rings (SSSR count). The molecule has 9 heteroatoms. The Morgan fingerprint density at radius 3 is 2.71 bits per heavy atom. The summed E-state index contributed by atoms with van der Waals surface area (Å²) in [5, 5.41) is 8.36. The number of hydrogen-bond acceptors (Lipinski definition) is 6. The molecular weight excluding hydrogens is 416 g/mol. The smallest absolute Gasteiger partial charge is 0.252 e. The number of methoxy groups -OCH3 is 1. The molecule has 1 amide bonds. The maximum Gasteiger partial charge on any atom is 0.252 e. The standard InChI is InChI=1S/C22H24N4O4S/c1-13-20-18(22(27)23-15-6-7-15)11-19(14-4-3-5-17(10-14)30-2)24-21(20)26(25-13)16-8-9-31(28,29)12-16/h3-5,10-11,15-16H,6-9,12H2,1-2H3,(H,23,27)/t16-/m1/s1. The largest absolute Gasteiger partial charge is 0.497 e. The Morgan fingerprint density at radius 1 is 1.23 bits per heavy atom. The van der Waals surface area contributed by atoms with Crippen molar-refractivity contribution in [1.29, 1.82) is 0 Å². The number of benzene rings is 1. The van der Waals surface area contributed by atoms with Crippen molar-refractivity contribution >= 4 is 26.8 Å². The van der Waals surface area contributed by atoms with Crippen LogP contribution in [0.1, 0.15) is 41.4 Å². The number of hydrogen-bond donors (Lipinski definition) is 1. The number of rotatable bonds is 5. The van der Waals surface area contributed by atoms with Crippen LogP contribution in [0.5, 0.6) is 5.75 Å². The molecule has 2 aromatic heterocycles. The van der Waals surface area contributed by atoms with Gasteiger partial charge in [0, 0.05) is 11.6 Å². The van der Waals surface area contributed by atoms with E-state index in [1.54, 1.807) is 17.9 Å². The number of sulfone groups is 1. The molecule has 0 spiro atoms. The van der Waals surface area contributed by atoms with Crippen molar-refractivity contribution in [3.8, 4) is 17.0 Å². The summed E-state index contributed by atoms with van der Waals surface area (Å²) in [5.74, 6) is 0.719. The van der Waals surface area contributed by atoms with Crippen molar-refractivity contribution in [1.82, 2.24) is 20.1 Å². The molecule has 162 valence electrons. The molecule has 1 aromatic carbocycles. The van der Waals surface area contributed by atoms with E-state index < -0.39 is 9.84 Å². The van der Waals surface area contributed by atoms with E-state index in [2.05, 4.69) is 10.4 Å². The second-order valence-electron chi connectivity index (χ2n) is 8.32. The molecular formula is C22H24N4O4S. The van der Waals surface area contributed by atoms with Gasteiger partial charge in [-0.05, 0) is 44.4 Å². The molecule has 1 N–H and O–H groups in total. The Kier molecular flexibility index (Phi) is 4.73. The van der Waals surface area contributed by atoms with E-state index in [0.717, 1.165) is 18.4 Å². The maximum atomic E-state index is 13.1. The molecule has 1 aliphatic heterocycles. The van der Waals surface area contributed by atoms with E-state index in [0.29, 0.717) is 40.2 Å². The van der Waals surface area contributed by atoms with Crippen LogP contribution >= 0.6 is 0 Å². The van der Waals surface area contributed by atoms with Gasteiger partial charge in [0.2, 0.25) is 0 Å². The highest BCUT2D eigenvalue weighted by atomic mass is 32.2. The summed E-state index contributed by atoms with van der Waals surface area (Å²) in [7, 11) is -1.49. The Labute approximate surface area is 180 Å². The summed E-state index contributed by atoms with van der Waals surface area (Å²) in [5.41, 5.74) is 3.16. The van der Waals surface area contributed by atoms with Crippen molar-refractivity contribution < 1.29 is 17.9 Å². The average Bonchev–Trinajstić information content (AvgIpc) is 3.41. The van der Waals surface area contributed by atoms with Gasteiger partial charge in [-0.15, -0.1) is 0 Å². The number of ether oxygens (including phenoxy) is 1. The number of aromatic nitrogens is 3. The molecule has 0 radical (unpaired) electrons. The minimum atomic E-state index is -3.09. The van der Waals surface area contributed by atoms with E-state index >= 15 is 0 Å². The van der Waals surface area contributed by atoms with Crippen LogP contribution in [0.25, 0.3) is 22.3 Å². The van der Waals surface area contributed by atoms with Crippen LogP contribution in [0.2, 0.25) is 0 Å². The molecule has 1 saturated carbocycles. The van der Waals surface area contributed by atoms with Gasteiger partial charge in [0.25, 0.3) is 5.91 Å². The molecule has 2 aliphatic rings. The SMILES string of the molecule is COc1cccc(-c2cc(C(=O)NC3CC3)c3c(C)nn([C@@H]4CCS(=O)(=O)C4)c3n2)c1. The fourth-order valence-electron chi connectivity index (χ4n) is 4.14. The van der Waals surface area contributed by atoms with Crippen LogP contribution < -0.4 is 10.1 Å². The molecule has 3 aromatic rings. The van der Waals surface area contributed by atoms with Crippen molar-refractivity contribution in [3.63, 3.8) is 0 Å². The predicted octanol–water partition coefficient (Wildman–Crippen LogP) is 2.67. The quantitative estimate of drug-likeness (QED) is 0.654. The lowest BCUT2D eigenvalue weighted by Gasteiger charge is -2.12. The van der Waals surface area contributed by atoms with Crippen LogP contribution in [-0.2, 0) is 9.84 Å². The number of nitrogens with one attached hydrogen (secondary N) is 1. The van der Waals surface area contributed by atoms with Crippen LogP contribution in [0.3, 0.4) is 0 Å². The minimum absolute atomic E-state index is 0.0396. The van der Waals surface area contributed by atoms with Gasteiger partial charge >= 0.3 is 0 Å². The zero-order chi connectivity index (χ0) is 21.8. The van der Waals surface area contributed by atoms with Crippen LogP contribution in [0.4, 0.5) is 0 Å². The number of fused-ring (bicyclic) bond motifs is 1. The zero-order valence-electron chi connectivity index (χ0n) is 17.5. The van der Waals surface area contributed by atoms with Crippen molar-refractivity contribution in [2.75, 3.05) is 18.6 Å². The second kappa shape index (κ2) is 7.33. The van der Waals surface area contributed by atoms with Gasteiger partial charge in [-0.2, -0.15) is 5.10 Å². The van der Waals surface area contributed by atoms with E-state index in [4.69, 9.17) is 9.72 Å². The van der Waals surface area contributed by atoms with Crippen molar-refractivity contribution in [2.24, 2.45) is 0 Å². The normalized spacial score (nSPS) is 20.1. The number of pyridine rings is 1. The summed E-state index contributed by atoms with van der Waals surface area (Å²) in [6.45, 7) is 1.84. The lowest BCUT2D eigenvalue weighted by Crippen LogP contribution is -2.25. The molecule has 31 heavy (non-hydrogen) atoms. The lowest BCUT2D eigenvalue weighted by molar-refractivity contribution is 0.0952. The van der Waals surface area contributed by atoms with E-state index in [1.807, 2.05) is 31.2 Å². The molecule has 8 nitrogen and oxygen atoms in total. The summed E-state index contributed by atoms with van der Waals surface area (Å²) in [4.78, 5) is 17.9. The van der Waals surface area contributed by atoms with Gasteiger partial charge in [-0.3, -0.25) is 4.79 Å². The van der Waals surface area contributed by atoms with Crippen LogP contribution in [0.15, 0.2) is 30.3 Å². The highest BCUT2D eigenvalue weighted by Crippen LogP contribution is 2.33. The van der Waals surface area contributed by atoms with Gasteiger partial charge < -0.3 is 10.1 Å². The van der Waals surface area contributed by atoms with E-state index in [1.165, 1.54) is 0 Å². The minimum Gasteiger partial charge on any atom is -0.497 e. The topological polar surface area (TPSA) is 103 Å². The molecule has 2 fully saturated rings. The fraction of sp³-hybridized carbons (Fsp3) is 0.409. The van der Waals surface area contributed by atoms with Gasteiger partial charge in [-0.1, -0.05) is 12.1 Å². The Morgan fingerprint density at radius 2 is 2.03 bits per heavy atom. The molecule has 0 bridgehead atoms. The van der Waals surface area contributed by atoms with Crippen LogP contribution in [-0.4, -0.2) is 53.7 Å². The van der Waals surface area contributed by atoms with E-state index in [-0.39, 0.29) is 29.5 Å². The third kappa shape index (κ3) is 3.78. The first kappa shape index (κ1) is 20.0. The second-order valence-corrected chi connectivity index (χ2v) is 10.5. The summed E-state index contributed by atoms with van der Waals surface area (Å²) in [6.07, 6.45) is 2.47. The molecule has 1 aliphatic carbocycles. The van der Waals surface area contributed by atoms with Gasteiger partial charge in [-0.25, -0.2) is 18.1 Å². The first-order valence-corrected chi connectivity index (χ1v) is 12.2. The Bertz CT molecular complexity index is 1290. The molecule has 1 atom stereocenters. The van der Waals surface area contributed by atoms with Gasteiger partial charge in [0.05, 0.1) is 47.0 Å². The number of nitrogens with zero attached hydrogens (tertiary/aromatic N) is 3. The summed E-state index contributed by atoms with van der Waals surface area (Å²) in [6, 6.07) is 9.22. The summed E-state index contributed by atoms with van der Waals surface area (Å²) >= 11 is 0. The van der Waals surface area contributed by atoms with Gasteiger partial charge in [0.15, 0.2) is 15.5 Å². The molecule has 1 saturated heterocycles. The zero-order valence-corrected chi connectivity index (χ0v) is 18.3. The number of carbonyl (C=O) groups excluding carboxylic acids is 1. The maximum absolute atomic E-state index is 13.1. The van der Waals surface area contributed by atoms with E-state index in [9.17, 15) is 13.2 Å². The van der Waals surface area contributed by atoms with Gasteiger partial charge in [0.1, 0.15) is 5.75 Å². The first-order valence-electron chi connectivity index (χ1n) is 10.4. The number of carbonyl (C=O) groups is 1. The van der Waals surface area contributed by atoms with Crippen LogP contribution in [0, 0.1) is 6.92 Å². The first-order chi connectivity index (χ1) is 14.8. The third-order valence-corrected chi connectivity index (χ3v) is 7.66. The Hall–Kier alpha value is -2.94. The fourth-order valence-corrected chi connectivity index (χ4v) is 5.83. The van der Waals surface area contributed by atoms with Crippen molar-refractivity contribution in [3.05, 3.63) is 41.6 Å². The molecule has 0 unspecified atom stereocenters. The van der Waals surface area contributed by atoms with Crippen molar-refractivity contribution in [2.45, 2.75) is 38.3 Å². The third-order valence-electron chi connectivity index (χ3n) is 5.91. The highest BCUT2D eigenvalue weighted by molar-refractivity contribution is 7.91. The molecule has 3 heterocycles. The summed E-state index contributed by atoms with van der Waals surface area (Å²) < 4.78 is 31.2. The lowest BCUT2D eigenvalue weighted by atomic mass is 10.0. The Balaban J connectivity index is 1.70. The average molecular weight is 441 g/mol. The monoisotopic (exact) mass is 440 g/mol. The highest BCUT2D eigenvalue weighted by Gasteiger charge is 2.33.